The minimum absolute atomic E-state index is 0.958. The summed E-state index contributed by atoms with van der Waals surface area (Å²) in [6.45, 7) is 0. The minimum Gasteiger partial charge on any atom is -0.404 e. The van der Waals surface area contributed by atoms with E-state index in [9.17, 15) is 0 Å². The molecule has 0 aliphatic rings. The molecule has 0 radical (unpaired) electrons. The van der Waals surface area contributed by atoms with Gasteiger partial charge >= 0.3 is 0 Å². The molecule has 2 N–H and O–H groups in total. The number of hydrogen-bond acceptors (Lipinski definition) is 2. The summed E-state index contributed by atoms with van der Waals surface area (Å²) in [4.78, 5) is 3.73. The summed E-state index contributed by atoms with van der Waals surface area (Å²) in [5.41, 5.74) is 5.10. The van der Waals surface area contributed by atoms with E-state index in [4.69, 9.17) is 5.73 Å². The van der Waals surface area contributed by atoms with Crippen molar-refractivity contribution in [1.82, 2.24) is 0 Å². The third-order valence-electron chi connectivity index (χ3n) is 0.412. The smallest absolute Gasteiger partial charge is 0.0463 e. The predicted molar refractivity (Wildman–Crippen MR) is 40.7 cm³/mol. The first-order valence-corrected chi connectivity index (χ1v) is 2.88. The van der Waals surface area contributed by atoms with Gasteiger partial charge in [-0.05, 0) is 22.6 Å². The average Bonchev–Trinajstić information content (AvgIpc) is 1.68. The number of rotatable bonds is 1. The zero-order valence-electron chi connectivity index (χ0n) is 4.06. The standard InChI is InChI=1S/C4H7IN2/c1-7-3-4(5)2-6/h2-3H,6H2,1H3/b4-2+,7-3-. The topological polar surface area (TPSA) is 38.4 Å². The van der Waals surface area contributed by atoms with Crippen LogP contribution in [-0.4, -0.2) is 13.3 Å². The van der Waals surface area contributed by atoms with Crippen molar-refractivity contribution in [1.29, 1.82) is 0 Å². The van der Waals surface area contributed by atoms with Crippen molar-refractivity contribution < 1.29 is 0 Å². The largest absolute Gasteiger partial charge is 0.404 e. The van der Waals surface area contributed by atoms with Crippen LogP contribution in [0.1, 0.15) is 0 Å². The van der Waals surface area contributed by atoms with Gasteiger partial charge in [0, 0.05) is 23.0 Å². The summed E-state index contributed by atoms with van der Waals surface area (Å²) in [5, 5.41) is 0. The van der Waals surface area contributed by atoms with Gasteiger partial charge in [0.05, 0.1) is 0 Å². The van der Waals surface area contributed by atoms with Gasteiger partial charge in [-0.3, -0.25) is 4.99 Å². The summed E-state index contributed by atoms with van der Waals surface area (Å²) < 4.78 is 0.958. The molecule has 7 heavy (non-hydrogen) atoms. The Kier molecular flexibility index (Phi) is 4.07. The maximum absolute atomic E-state index is 5.10. The van der Waals surface area contributed by atoms with Gasteiger partial charge in [-0.1, -0.05) is 0 Å². The molecule has 0 aliphatic carbocycles. The van der Waals surface area contributed by atoms with Gasteiger partial charge in [0.1, 0.15) is 0 Å². The van der Waals surface area contributed by atoms with Crippen LogP contribution in [0.15, 0.2) is 14.8 Å². The molecule has 0 unspecified atom stereocenters. The molecular weight excluding hydrogens is 203 g/mol. The fourth-order valence-corrected chi connectivity index (χ4v) is 0.445. The van der Waals surface area contributed by atoms with Crippen LogP contribution in [0.2, 0.25) is 0 Å². The van der Waals surface area contributed by atoms with E-state index in [1.54, 1.807) is 13.3 Å². The monoisotopic (exact) mass is 210 g/mol. The third-order valence-corrected chi connectivity index (χ3v) is 1.05. The molecule has 0 fully saturated rings. The van der Waals surface area contributed by atoms with Gasteiger partial charge in [-0.2, -0.15) is 0 Å². The Morgan fingerprint density at radius 1 is 1.86 bits per heavy atom. The predicted octanol–water partition coefficient (Wildman–Crippen LogP) is 0.922. The first kappa shape index (κ1) is 6.94. The first-order chi connectivity index (χ1) is 3.31. The van der Waals surface area contributed by atoms with Crippen LogP contribution in [0.25, 0.3) is 0 Å². The SMILES string of the molecule is C/N=C\C(I)=C/N. The first-order valence-electron chi connectivity index (χ1n) is 1.81. The van der Waals surface area contributed by atoms with E-state index >= 15 is 0 Å². The van der Waals surface area contributed by atoms with Crippen LogP contribution in [0.5, 0.6) is 0 Å². The van der Waals surface area contributed by atoms with E-state index in [2.05, 4.69) is 27.6 Å². The molecule has 0 atom stereocenters. The van der Waals surface area contributed by atoms with Crippen LogP contribution in [-0.2, 0) is 0 Å². The zero-order chi connectivity index (χ0) is 5.70. The quantitative estimate of drug-likeness (QED) is 0.507. The highest BCUT2D eigenvalue weighted by Gasteiger charge is 1.74. The summed E-state index contributed by atoms with van der Waals surface area (Å²) in [7, 11) is 1.71. The molecule has 0 amide bonds. The summed E-state index contributed by atoms with van der Waals surface area (Å²) in [6.07, 6.45) is 3.20. The van der Waals surface area contributed by atoms with Gasteiger partial charge in [-0.25, -0.2) is 0 Å². The number of allylic oxidation sites excluding steroid dienone is 1. The maximum Gasteiger partial charge on any atom is 0.0463 e. The Morgan fingerprint density at radius 2 is 2.43 bits per heavy atom. The number of aliphatic imine (C=N–C) groups is 1. The number of halogens is 1. The van der Waals surface area contributed by atoms with Crippen LogP contribution >= 0.6 is 22.6 Å². The number of hydrogen-bond donors (Lipinski definition) is 1. The van der Waals surface area contributed by atoms with Gasteiger partial charge in [0.2, 0.25) is 0 Å². The molecular formula is C4H7IN2. The molecule has 0 aromatic heterocycles. The van der Waals surface area contributed by atoms with Gasteiger partial charge in [-0.15, -0.1) is 0 Å². The Labute approximate surface area is 56.6 Å². The Bertz CT molecular complexity index is 95.9. The van der Waals surface area contributed by atoms with Crippen LogP contribution < -0.4 is 5.73 Å². The molecule has 3 heteroatoms. The number of nitrogens with zero attached hydrogens (tertiary/aromatic N) is 1. The summed E-state index contributed by atoms with van der Waals surface area (Å²) >= 11 is 2.09. The second-order valence-corrected chi connectivity index (χ2v) is 2.18. The lowest BCUT2D eigenvalue weighted by molar-refractivity contribution is 1.47. The third kappa shape index (κ3) is 3.78. The lowest BCUT2D eigenvalue weighted by atomic mass is 10.7. The lowest BCUT2D eigenvalue weighted by Gasteiger charge is -1.78. The van der Waals surface area contributed by atoms with Crippen LogP contribution in [0.3, 0.4) is 0 Å². The molecule has 0 saturated heterocycles. The van der Waals surface area contributed by atoms with Gasteiger partial charge in [0.25, 0.3) is 0 Å². The van der Waals surface area contributed by atoms with Crippen molar-refractivity contribution in [2.24, 2.45) is 10.7 Å². The van der Waals surface area contributed by atoms with Gasteiger partial charge < -0.3 is 5.73 Å². The fourth-order valence-electron chi connectivity index (χ4n) is 0.166. The molecule has 40 valence electrons. The van der Waals surface area contributed by atoms with Crippen molar-refractivity contribution >= 4 is 28.8 Å². The highest BCUT2D eigenvalue weighted by Crippen LogP contribution is 1.96. The zero-order valence-corrected chi connectivity index (χ0v) is 6.21. The average molecular weight is 210 g/mol. The second-order valence-electron chi connectivity index (χ2n) is 0.939. The van der Waals surface area contributed by atoms with Gasteiger partial charge in [0.15, 0.2) is 0 Å². The van der Waals surface area contributed by atoms with Crippen molar-refractivity contribution in [2.45, 2.75) is 0 Å². The maximum atomic E-state index is 5.10. The van der Waals surface area contributed by atoms with Crippen molar-refractivity contribution in [3.63, 3.8) is 0 Å². The van der Waals surface area contributed by atoms with E-state index in [1.165, 1.54) is 6.20 Å². The highest BCUT2D eigenvalue weighted by atomic mass is 127. The Hall–Kier alpha value is -0.0600. The molecule has 0 rings (SSSR count). The lowest BCUT2D eigenvalue weighted by Crippen LogP contribution is -1.80. The van der Waals surface area contributed by atoms with E-state index in [-0.39, 0.29) is 0 Å². The molecule has 0 aliphatic heterocycles. The molecule has 0 heterocycles. The van der Waals surface area contributed by atoms with Crippen molar-refractivity contribution in [3.05, 3.63) is 9.78 Å². The number of nitrogens with two attached hydrogens (primary N) is 1. The van der Waals surface area contributed by atoms with Crippen LogP contribution in [0.4, 0.5) is 0 Å². The molecule has 0 spiro atoms. The van der Waals surface area contributed by atoms with Crippen molar-refractivity contribution in [3.8, 4) is 0 Å². The normalized spacial score (nSPS) is 13.1. The molecule has 2 nitrogen and oxygen atoms in total. The van der Waals surface area contributed by atoms with Crippen LogP contribution in [0, 0.1) is 0 Å². The molecule has 0 aromatic carbocycles. The Morgan fingerprint density at radius 3 is 2.57 bits per heavy atom. The van der Waals surface area contributed by atoms with E-state index in [0.717, 1.165) is 3.58 Å². The summed E-state index contributed by atoms with van der Waals surface area (Å²) in [5.74, 6) is 0. The highest BCUT2D eigenvalue weighted by molar-refractivity contribution is 14.1. The van der Waals surface area contributed by atoms with E-state index in [0.29, 0.717) is 0 Å². The Balaban J connectivity index is 3.58. The van der Waals surface area contributed by atoms with E-state index < -0.39 is 0 Å². The molecule has 0 aromatic rings. The molecule has 0 saturated carbocycles. The summed E-state index contributed by atoms with van der Waals surface area (Å²) in [6, 6.07) is 0. The second kappa shape index (κ2) is 4.11. The molecule has 0 bridgehead atoms. The van der Waals surface area contributed by atoms with Crippen molar-refractivity contribution in [2.75, 3.05) is 7.05 Å². The van der Waals surface area contributed by atoms with E-state index in [1.807, 2.05) is 0 Å². The minimum atomic E-state index is 0.958. The fraction of sp³-hybridized carbons (Fsp3) is 0.250.